The fourth-order valence-electron chi connectivity index (χ4n) is 2.63. The summed E-state index contributed by atoms with van der Waals surface area (Å²) in [7, 11) is 0. The molecule has 100 valence electrons. The molecule has 1 unspecified atom stereocenters. The highest BCUT2D eigenvalue weighted by Gasteiger charge is 2.31. The SMILES string of the molecule is Cc1cc(O)cc(C)c1N1CC(CN=[N+]=[N-])CC1=O. The molecule has 0 aromatic heterocycles. The molecule has 1 heterocycles. The van der Waals surface area contributed by atoms with Gasteiger partial charge in [0.2, 0.25) is 5.91 Å². The van der Waals surface area contributed by atoms with E-state index in [-0.39, 0.29) is 17.6 Å². The van der Waals surface area contributed by atoms with Gasteiger partial charge in [0.1, 0.15) is 5.75 Å². The zero-order valence-electron chi connectivity index (χ0n) is 11.0. The molecule has 6 heteroatoms. The molecule has 0 bridgehead atoms. The minimum atomic E-state index is 0.0371. The average Bonchev–Trinajstić information content (AvgIpc) is 2.67. The third-order valence-electron chi connectivity index (χ3n) is 3.35. The molecule has 1 amide bonds. The van der Waals surface area contributed by atoms with Crippen LogP contribution in [0.1, 0.15) is 17.5 Å². The monoisotopic (exact) mass is 260 g/mol. The number of benzene rings is 1. The van der Waals surface area contributed by atoms with Gasteiger partial charge >= 0.3 is 0 Å². The molecule has 1 aromatic rings. The van der Waals surface area contributed by atoms with Crippen LogP contribution in [0.15, 0.2) is 17.2 Å². The molecule has 2 rings (SSSR count). The molecule has 1 atom stereocenters. The summed E-state index contributed by atoms with van der Waals surface area (Å²) >= 11 is 0. The van der Waals surface area contributed by atoms with E-state index in [0.717, 1.165) is 16.8 Å². The largest absolute Gasteiger partial charge is 0.508 e. The van der Waals surface area contributed by atoms with Gasteiger partial charge in [-0.25, -0.2) is 0 Å². The van der Waals surface area contributed by atoms with Crippen LogP contribution in [-0.2, 0) is 4.79 Å². The number of aromatic hydroxyl groups is 1. The molecule has 19 heavy (non-hydrogen) atoms. The van der Waals surface area contributed by atoms with Crippen LogP contribution in [0, 0.1) is 19.8 Å². The Morgan fingerprint density at radius 1 is 1.47 bits per heavy atom. The lowest BCUT2D eigenvalue weighted by atomic mass is 10.1. The first-order valence-corrected chi connectivity index (χ1v) is 6.14. The lowest BCUT2D eigenvalue weighted by molar-refractivity contribution is -0.117. The van der Waals surface area contributed by atoms with Crippen molar-refractivity contribution in [1.29, 1.82) is 0 Å². The minimum Gasteiger partial charge on any atom is -0.508 e. The number of aryl methyl sites for hydroxylation is 2. The van der Waals surface area contributed by atoms with Gasteiger partial charge in [-0.15, -0.1) is 0 Å². The standard InChI is InChI=1S/C13H16N4O2/c1-8-3-11(18)4-9(2)13(8)17-7-10(5-12(17)19)6-15-16-14/h3-4,10,18H,5-7H2,1-2H3. The zero-order chi connectivity index (χ0) is 14.0. The van der Waals surface area contributed by atoms with Gasteiger partial charge in [0.15, 0.2) is 0 Å². The Bertz CT molecular complexity index is 541. The lowest BCUT2D eigenvalue weighted by Gasteiger charge is -2.21. The van der Waals surface area contributed by atoms with Gasteiger partial charge in [-0.3, -0.25) is 4.79 Å². The van der Waals surface area contributed by atoms with E-state index in [0.29, 0.717) is 19.5 Å². The number of carbonyl (C=O) groups excluding carboxylic acids is 1. The van der Waals surface area contributed by atoms with Crippen LogP contribution in [0.3, 0.4) is 0 Å². The van der Waals surface area contributed by atoms with Gasteiger partial charge in [-0.05, 0) is 48.6 Å². The maximum atomic E-state index is 12.1. The van der Waals surface area contributed by atoms with E-state index in [4.69, 9.17) is 5.53 Å². The summed E-state index contributed by atoms with van der Waals surface area (Å²) < 4.78 is 0. The normalized spacial score (nSPS) is 18.5. The van der Waals surface area contributed by atoms with Crippen molar-refractivity contribution in [2.75, 3.05) is 18.0 Å². The molecule has 0 aliphatic carbocycles. The number of amides is 1. The molecular formula is C13H16N4O2. The van der Waals surface area contributed by atoms with Gasteiger partial charge in [0, 0.05) is 30.1 Å². The molecule has 0 saturated carbocycles. The number of azide groups is 1. The Hall–Kier alpha value is -2.20. The van der Waals surface area contributed by atoms with Crippen LogP contribution in [0.25, 0.3) is 10.4 Å². The van der Waals surface area contributed by atoms with Gasteiger partial charge in [-0.1, -0.05) is 5.11 Å². The topological polar surface area (TPSA) is 89.3 Å². The predicted octanol–water partition coefficient (Wildman–Crippen LogP) is 2.67. The number of carbonyl (C=O) groups is 1. The van der Waals surface area contributed by atoms with E-state index in [1.165, 1.54) is 0 Å². The van der Waals surface area contributed by atoms with Crippen molar-refractivity contribution in [2.45, 2.75) is 20.3 Å². The summed E-state index contributed by atoms with van der Waals surface area (Å²) in [5, 5.41) is 13.1. The number of phenolic OH excluding ortho intramolecular Hbond substituents is 1. The molecule has 0 spiro atoms. The molecule has 1 aromatic carbocycles. The fraction of sp³-hybridized carbons (Fsp3) is 0.462. The summed E-state index contributed by atoms with van der Waals surface area (Å²) in [6.07, 6.45) is 0.402. The average molecular weight is 260 g/mol. The molecule has 1 aliphatic heterocycles. The van der Waals surface area contributed by atoms with Gasteiger partial charge in [-0.2, -0.15) is 0 Å². The number of rotatable bonds is 3. The van der Waals surface area contributed by atoms with Crippen LogP contribution in [-0.4, -0.2) is 24.1 Å². The minimum absolute atomic E-state index is 0.0371. The molecule has 1 aliphatic rings. The van der Waals surface area contributed by atoms with Crippen LogP contribution < -0.4 is 4.90 Å². The summed E-state index contributed by atoms with van der Waals surface area (Å²) in [5.41, 5.74) is 10.9. The smallest absolute Gasteiger partial charge is 0.227 e. The number of hydrogen-bond acceptors (Lipinski definition) is 3. The highest BCUT2D eigenvalue weighted by atomic mass is 16.3. The van der Waals surface area contributed by atoms with Crippen molar-refractivity contribution in [3.63, 3.8) is 0 Å². The lowest BCUT2D eigenvalue weighted by Crippen LogP contribution is -2.26. The highest BCUT2D eigenvalue weighted by Crippen LogP contribution is 2.33. The van der Waals surface area contributed by atoms with Crippen molar-refractivity contribution in [3.05, 3.63) is 33.7 Å². The second kappa shape index (κ2) is 5.20. The number of hydrogen-bond donors (Lipinski definition) is 1. The number of phenols is 1. The molecule has 1 fully saturated rings. The van der Waals surface area contributed by atoms with Crippen LogP contribution in [0.2, 0.25) is 0 Å². The first kappa shape index (κ1) is 13.2. The number of anilines is 1. The van der Waals surface area contributed by atoms with E-state index in [1.807, 2.05) is 13.8 Å². The second-order valence-corrected chi connectivity index (χ2v) is 4.92. The number of nitrogens with zero attached hydrogens (tertiary/aromatic N) is 4. The van der Waals surface area contributed by atoms with Gasteiger partial charge in [0.05, 0.1) is 0 Å². The Kier molecular flexibility index (Phi) is 3.62. The summed E-state index contributed by atoms with van der Waals surface area (Å²) in [6, 6.07) is 3.30. The highest BCUT2D eigenvalue weighted by molar-refractivity contribution is 5.97. The van der Waals surface area contributed by atoms with E-state index in [2.05, 4.69) is 10.0 Å². The Balaban J connectivity index is 2.28. The molecule has 1 N–H and O–H groups in total. The van der Waals surface area contributed by atoms with Crippen molar-refractivity contribution in [3.8, 4) is 5.75 Å². The maximum Gasteiger partial charge on any atom is 0.227 e. The summed E-state index contributed by atoms with van der Waals surface area (Å²) in [4.78, 5) is 16.5. The maximum absolute atomic E-state index is 12.1. The van der Waals surface area contributed by atoms with Crippen LogP contribution in [0.4, 0.5) is 5.69 Å². The Morgan fingerprint density at radius 3 is 2.68 bits per heavy atom. The summed E-state index contributed by atoms with van der Waals surface area (Å²) in [6.45, 7) is 4.64. The Morgan fingerprint density at radius 2 is 2.11 bits per heavy atom. The molecule has 6 nitrogen and oxygen atoms in total. The van der Waals surface area contributed by atoms with Gasteiger partial charge in [0.25, 0.3) is 0 Å². The van der Waals surface area contributed by atoms with E-state index < -0.39 is 0 Å². The molecular weight excluding hydrogens is 244 g/mol. The quantitative estimate of drug-likeness (QED) is 0.514. The zero-order valence-corrected chi connectivity index (χ0v) is 11.0. The van der Waals surface area contributed by atoms with E-state index >= 15 is 0 Å². The third-order valence-corrected chi connectivity index (χ3v) is 3.35. The second-order valence-electron chi connectivity index (χ2n) is 4.92. The third kappa shape index (κ3) is 2.63. The first-order chi connectivity index (χ1) is 9.02. The fourth-order valence-corrected chi connectivity index (χ4v) is 2.63. The first-order valence-electron chi connectivity index (χ1n) is 6.14. The van der Waals surface area contributed by atoms with Crippen molar-refractivity contribution < 1.29 is 9.90 Å². The van der Waals surface area contributed by atoms with Crippen molar-refractivity contribution in [1.82, 2.24) is 0 Å². The van der Waals surface area contributed by atoms with Crippen molar-refractivity contribution in [2.24, 2.45) is 11.0 Å². The molecule has 1 saturated heterocycles. The van der Waals surface area contributed by atoms with E-state index in [9.17, 15) is 9.90 Å². The van der Waals surface area contributed by atoms with Crippen LogP contribution in [0.5, 0.6) is 5.75 Å². The molecule has 0 radical (unpaired) electrons. The summed E-state index contributed by atoms with van der Waals surface area (Å²) in [5.74, 6) is 0.307. The van der Waals surface area contributed by atoms with Gasteiger partial charge < -0.3 is 10.0 Å². The Labute approximate surface area is 111 Å². The van der Waals surface area contributed by atoms with Crippen LogP contribution >= 0.6 is 0 Å². The predicted molar refractivity (Wildman–Crippen MR) is 72.1 cm³/mol. The van der Waals surface area contributed by atoms with E-state index in [1.54, 1.807) is 17.0 Å². The van der Waals surface area contributed by atoms with Crippen molar-refractivity contribution >= 4 is 11.6 Å².